The number of rotatable bonds is 7. The van der Waals surface area contributed by atoms with Crippen molar-refractivity contribution in [2.24, 2.45) is 0 Å². The van der Waals surface area contributed by atoms with Crippen LogP contribution in [-0.4, -0.2) is 49.8 Å². The largest absolute Gasteiger partial charge is 0.496 e. The van der Waals surface area contributed by atoms with Crippen molar-refractivity contribution in [3.8, 4) is 17.2 Å². The molecular formula is C27H34FNO5. The van der Waals surface area contributed by atoms with Gasteiger partial charge in [-0.15, -0.1) is 0 Å². The standard InChI is InChI=1S/C27H34FNO5/c1-26(2,3)34-25(30)10-13-29-14-11-27(12-15-29)18-33-24-16-19(8-9-21(24)27)32-17-20-22(28)6-5-7-23(20)31-4/h5-9,16H,10-15,17-18H2,1-4H3. The van der Waals surface area contributed by atoms with Gasteiger partial charge in [0.1, 0.15) is 35.3 Å². The number of nitrogens with zero attached hydrogens (tertiary/aromatic N) is 1. The molecule has 2 aliphatic heterocycles. The van der Waals surface area contributed by atoms with E-state index in [0.717, 1.165) is 31.7 Å². The third-order valence-corrected chi connectivity index (χ3v) is 6.57. The fraction of sp³-hybridized carbons (Fsp3) is 0.519. The summed E-state index contributed by atoms with van der Waals surface area (Å²) >= 11 is 0. The molecule has 2 heterocycles. The lowest BCUT2D eigenvalue weighted by Gasteiger charge is -2.38. The minimum Gasteiger partial charge on any atom is -0.496 e. The second-order valence-corrected chi connectivity index (χ2v) is 10.1. The van der Waals surface area contributed by atoms with Crippen molar-refractivity contribution in [3.05, 3.63) is 53.3 Å². The van der Waals surface area contributed by atoms with Gasteiger partial charge in [-0.1, -0.05) is 12.1 Å². The Labute approximate surface area is 200 Å². The first-order valence-electron chi connectivity index (χ1n) is 11.8. The first kappa shape index (κ1) is 24.3. The number of likely N-dealkylation sites (tertiary alicyclic amines) is 1. The van der Waals surface area contributed by atoms with Crippen LogP contribution in [0.4, 0.5) is 4.39 Å². The third kappa shape index (κ3) is 5.46. The number of benzene rings is 2. The van der Waals surface area contributed by atoms with Gasteiger partial charge >= 0.3 is 5.97 Å². The third-order valence-electron chi connectivity index (χ3n) is 6.57. The number of fused-ring (bicyclic) bond motifs is 2. The summed E-state index contributed by atoms with van der Waals surface area (Å²) in [5, 5.41) is 0. The molecule has 0 aliphatic carbocycles. The van der Waals surface area contributed by atoms with Crippen molar-refractivity contribution in [3.63, 3.8) is 0 Å². The molecule has 4 rings (SSSR count). The van der Waals surface area contributed by atoms with Crippen molar-refractivity contribution >= 4 is 5.97 Å². The van der Waals surface area contributed by atoms with E-state index < -0.39 is 5.60 Å². The minimum absolute atomic E-state index is 0.00889. The van der Waals surface area contributed by atoms with Crippen molar-refractivity contribution < 1.29 is 28.1 Å². The SMILES string of the molecule is COc1cccc(F)c1COc1ccc2c(c1)OCC21CCN(CCC(=O)OC(C)(C)C)CC1. The molecule has 0 amide bonds. The van der Waals surface area contributed by atoms with Gasteiger partial charge in [0.05, 0.1) is 25.7 Å². The lowest BCUT2D eigenvalue weighted by Crippen LogP contribution is -2.44. The molecule has 1 spiro atoms. The zero-order valence-corrected chi connectivity index (χ0v) is 20.5. The Bertz CT molecular complexity index is 1020. The number of methoxy groups -OCH3 is 1. The molecule has 1 saturated heterocycles. The Morgan fingerprint density at radius 1 is 1.18 bits per heavy atom. The number of hydrogen-bond donors (Lipinski definition) is 0. The van der Waals surface area contributed by atoms with E-state index in [1.165, 1.54) is 18.7 Å². The maximum Gasteiger partial charge on any atom is 0.307 e. The molecule has 0 radical (unpaired) electrons. The summed E-state index contributed by atoms with van der Waals surface area (Å²) in [5.41, 5.74) is 1.14. The molecule has 0 saturated carbocycles. The Hall–Kier alpha value is -2.80. The highest BCUT2D eigenvalue weighted by Gasteiger charge is 2.43. The van der Waals surface area contributed by atoms with Crippen molar-refractivity contribution in [1.29, 1.82) is 0 Å². The number of esters is 1. The van der Waals surface area contributed by atoms with Gasteiger partial charge in [0.15, 0.2) is 0 Å². The molecule has 0 unspecified atom stereocenters. The van der Waals surface area contributed by atoms with Gasteiger partial charge in [-0.2, -0.15) is 0 Å². The summed E-state index contributed by atoms with van der Waals surface area (Å²) in [6.45, 7) is 8.93. The zero-order valence-electron chi connectivity index (χ0n) is 20.5. The lowest BCUT2D eigenvalue weighted by molar-refractivity contribution is -0.155. The van der Waals surface area contributed by atoms with Gasteiger partial charge in [0.25, 0.3) is 0 Å². The van der Waals surface area contributed by atoms with Crippen molar-refractivity contribution in [2.45, 2.75) is 57.7 Å². The maximum atomic E-state index is 14.2. The number of carbonyl (C=O) groups is 1. The quantitative estimate of drug-likeness (QED) is 0.537. The summed E-state index contributed by atoms with van der Waals surface area (Å²) in [4.78, 5) is 14.4. The zero-order chi connectivity index (χ0) is 24.3. The average Bonchev–Trinajstić information content (AvgIpc) is 3.14. The van der Waals surface area contributed by atoms with Crippen LogP contribution in [0.2, 0.25) is 0 Å². The molecule has 2 aromatic rings. The molecular weight excluding hydrogens is 437 g/mol. The lowest BCUT2D eigenvalue weighted by atomic mass is 9.74. The first-order chi connectivity index (χ1) is 16.2. The number of piperidine rings is 1. The summed E-state index contributed by atoms with van der Waals surface area (Å²) in [6.07, 6.45) is 2.35. The van der Waals surface area contributed by atoms with Crippen LogP contribution in [-0.2, 0) is 21.6 Å². The molecule has 0 aromatic heterocycles. The van der Waals surface area contributed by atoms with Gasteiger partial charge in [-0.05, 0) is 64.9 Å². The molecule has 0 N–H and O–H groups in total. The Morgan fingerprint density at radius 3 is 2.65 bits per heavy atom. The number of ether oxygens (including phenoxy) is 4. The van der Waals surface area contributed by atoms with Gasteiger partial charge in [0, 0.05) is 23.6 Å². The molecule has 1 fully saturated rings. The highest BCUT2D eigenvalue weighted by Crippen LogP contribution is 2.46. The van der Waals surface area contributed by atoms with Crippen LogP contribution < -0.4 is 14.2 Å². The van der Waals surface area contributed by atoms with Crippen LogP contribution in [0, 0.1) is 5.82 Å². The smallest absolute Gasteiger partial charge is 0.307 e. The molecule has 6 nitrogen and oxygen atoms in total. The predicted molar refractivity (Wildman–Crippen MR) is 127 cm³/mol. The van der Waals surface area contributed by atoms with Crippen LogP contribution in [0.3, 0.4) is 0 Å². The predicted octanol–water partition coefficient (Wildman–Crippen LogP) is 4.87. The number of hydrogen-bond acceptors (Lipinski definition) is 6. The number of carbonyl (C=O) groups excluding carboxylic acids is 1. The first-order valence-corrected chi connectivity index (χ1v) is 11.8. The fourth-order valence-electron chi connectivity index (χ4n) is 4.73. The van der Waals surface area contributed by atoms with E-state index in [0.29, 0.717) is 36.6 Å². The molecule has 0 bridgehead atoms. The van der Waals surface area contributed by atoms with E-state index in [1.807, 2.05) is 32.9 Å². The van der Waals surface area contributed by atoms with Gasteiger partial charge in [-0.3, -0.25) is 4.79 Å². The summed E-state index contributed by atoms with van der Waals surface area (Å²) in [7, 11) is 1.52. The van der Waals surface area contributed by atoms with E-state index >= 15 is 0 Å². The van der Waals surface area contributed by atoms with Crippen LogP contribution in [0.25, 0.3) is 0 Å². The van der Waals surface area contributed by atoms with Crippen LogP contribution in [0.1, 0.15) is 51.2 Å². The van der Waals surface area contributed by atoms with Gasteiger partial charge in [0.2, 0.25) is 0 Å². The van der Waals surface area contributed by atoms with E-state index in [9.17, 15) is 9.18 Å². The normalized spacial score (nSPS) is 17.2. The van der Waals surface area contributed by atoms with E-state index in [1.54, 1.807) is 12.1 Å². The van der Waals surface area contributed by atoms with E-state index in [2.05, 4.69) is 11.0 Å². The van der Waals surface area contributed by atoms with Crippen LogP contribution >= 0.6 is 0 Å². The molecule has 184 valence electrons. The van der Waals surface area contributed by atoms with E-state index in [-0.39, 0.29) is 23.8 Å². The average molecular weight is 472 g/mol. The topological polar surface area (TPSA) is 57.2 Å². The highest BCUT2D eigenvalue weighted by molar-refractivity contribution is 5.70. The van der Waals surface area contributed by atoms with Gasteiger partial charge < -0.3 is 23.8 Å². The maximum absolute atomic E-state index is 14.2. The van der Waals surface area contributed by atoms with Crippen molar-refractivity contribution in [1.82, 2.24) is 4.90 Å². The second-order valence-electron chi connectivity index (χ2n) is 10.1. The molecule has 2 aliphatic rings. The molecule has 2 aromatic carbocycles. The summed E-state index contributed by atoms with van der Waals surface area (Å²) in [5.74, 6) is 1.43. The number of halogens is 1. The Balaban J connectivity index is 1.34. The molecule has 34 heavy (non-hydrogen) atoms. The van der Waals surface area contributed by atoms with E-state index in [4.69, 9.17) is 18.9 Å². The van der Waals surface area contributed by atoms with Crippen LogP contribution in [0.5, 0.6) is 17.2 Å². The highest BCUT2D eigenvalue weighted by atomic mass is 19.1. The fourth-order valence-corrected chi connectivity index (χ4v) is 4.73. The Kier molecular flexibility index (Phi) is 7.03. The monoisotopic (exact) mass is 471 g/mol. The summed E-state index contributed by atoms with van der Waals surface area (Å²) in [6, 6.07) is 10.6. The second kappa shape index (κ2) is 9.82. The minimum atomic E-state index is -0.447. The van der Waals surface area contributed by atoms with Gasteiger partial charge in [-0.25, -0.2) is 4.39 Å². The molecule has 0 atom stereocenters. The van der Waals surface area contributed by atoms with Crippen molar-refractivity contribution in [2.75, 3.05) is 33.4 Å². The summed E-state index contributed by atoms with van der Waals surface area (Å²) < 4.78 is 36.8. The molecule has 7 heteroatoms. The Morgan fingerprint density at radius 2 is 1.94 bits per heavy atom. The van der Waals surface area contributed by atoms with Crippen LogP contribution in [0.15, 0.2) is 36.4 Å².